The van der Waals surface area contributed by atoms with E-state index < -0.39 is 4.92 Å². The Morgan fingerprint density at radius 3 is 2.37 bits per heavy atom. The van der Waals surface area contributed by atoms with Gasteiger partial charge in [0, 0.05) is 34.8 Å². The molecule has 1 aromatic heterocycles. The van der Waals surface area contributed by atoms with Crippen molar-refractivity contribution >= 4 is 17.6 Å². The number of hydrogen-bond donors (Lipinski definition) is 1. The summed E-state index contributed by atoms with van der Waals surface area (Å²) in [6.45, 7) is 8.35. The lowest BCUT2D eigenvalue weighted by Gasteiger charge is -2.13. The molecule has 1 heterocycles. The smallest absolute Gasteiger partial charge is 0.269 e. The van der Waals surface area contributed by atoms with Crippen molar-refractivity contribution in [3.63, 3.8) is 0 Å². The van der Waals surface area contributed by atoms with Crippen LogP contribution in [-0.2, 0) is 0 Å². The highest BCUT2D eigenvalue weighted by Gasteiger charge is 2.11. The number of nitro benzene ring substituents is 1. The number of non-ortho nitro benzene ring substituents is 1. The van der Waals surface area contributed by atoms with Crippen molar-refractivity contribution in [2.45, 2.75) is 27.7 Å². The van der Waals surface area contributed by atoms with Crippen molar-refractivity contribution in [2.24, 2.45) is 5.10 Å². The normalized spacial score (nSPS) is 11.1. The van der Waals surface area contributed by atoms with Crippen molar-refractivity contribution in [1.29, 1.82) is 0 Å². The van der Waals surface area contributed by atoms with Gasteiger partial charge < -0.3 is 4.57 Å². The minimum Gasteiger partial charge on any atom is -0.318 e. The summed E-state index contributed by atoms with van der Waals surface area (Å²) in [5, 5.41) is 15.0. The average molecular weight is 362 g/mol. The van der Waals surface area contributed by atoms with Gasteiger partial charge in [-0.25, -0.2) is 0 Å². The first kappa shape index (κ1) is 18.4. The average Bonchev–Trinajstić information content (AvgIpc) is 2.90. The third-order valence-corrected chi connectivity index (χ3v) is 4.54. The number of hydrogen-bond acceptors (Lipinski definition) is 4. The monoisotopic (exact) mass is 362 g/mol. The van der Waals surface area contributed by atoms with Crippen molar-refractivity contribution < 1.29 is 4.92 Å². The van der Waals surface area contributed by atoms with Crippen LogP contribution >= 0.6 is 0 Å². The van der Waals surface area contributed by atoms with E-state index in [0.29, 0.717) is 5.69 Å². The van der Waals surface area contributed by atoms with Gasteiger partial charge in [0.2, 0.25) is 0 Å². The second-order valence-corrected chi connectivity index (χ2v) is 6.63. The minimum absolute atomic E-state index is 0.0570. The molecule has 3 aromatic rings. The largest absolute Gasteiger partial charge is 0.318 e. The second kappa shape index (κ2) is 7.45. The standard InChI is InChI=1S/C21H22N4O2/c1-14-5-10-21(15(2)11-14)24-16(3)12-18(17(24)4)13-22-23-19-6-8-20(9-7-19)25(26)27/h5-13,23H,1-4H3. The highest BCUT2D eigenvalue weighted by Crippen LogP contribution is 2.23. The van der Waals surface area contributed by atoms with Crippen LogP contribution in [0.1, 0.15) is 28.1 Å². The van der Waals surface area contributed by atoms with Gasteiger partial charge in [0.05, 0.1) is 16.8 Å². The Labute approximate surface area is 158 Å². The highest BCUT2D eigenvalue weighted by atomic mass is 16.6. The van der Waals surface area contributed by atoms with Gasteiger partial charge >= 0.3 is 0 Å². The summed E-state index contributed by atoms with van der Waals surface area (Å²) >= 11 is 0. The van der Waals surface area contributed by atoms with E-state index in [1.165, 1.54) is 28.9 Å². The second-order valence-electron chi connectivity index (χ2n) is 6.63. The van der Waals surface area contributed by atoms with Crippen LogP contribution in [-0.4, -0.2) is 15.7 Å². The summed E-state index contributed by atoms with van der Waals surface area (Å²) in [5.41, 5.74) is 10.6. The van der Waals surface area contributed by atoms with E-state index in [0.717, 1.165) is 17.0 Å². The van der Waals surface area contributed by atoms with Crippen molar-refractivity contribution in [1.82, 2.24) is 4.57 Å². The highest BCUT2D eigenvalue weighted by molar-refractivity contribution is 5.82. The molecular formula is C21H22N4O2. The minimum atomic E-state index is -0.422. The van der Waals surface area contributed by atoms with Gasteiger partial charge in [-0.2, -0.15) is 5.10 Å². The molecule has 0 aliphatic carbocycles. The van der Waals surface area contributed by atoms with Gasteiger partial charge in [-0.1, -0.05) is 17.7 Å². The Kier molecular flexibility index (Phi) is 5.07. The molecular weight excluding hydrogens is 340 g/mol. The molecule has 0 radical (unpaired) electrons. The Morgan fingerprint density at radius 1 is 1.04 bits per heavy atom. The van der Waals surface area contributed by atoms with Crippen molar-refractivity contribution in [3.8, 4) is 5.69 Å². The Morgan fingerprint density at radius 2 is 1.74 bits per heavy atom. The number of benzene rings is 2. The zero-order valence-electron chi connectivity index (χ0n) is 15.9. The molecule has 6 nitrogen and oxygen atoms in total. The predicted octanol–water partition coefficient (Wildman–Crippen LogP) is 5.07. The van der Waals surface area contributed by atoms with Crippen LogP contribution < -0.4 is 5.43 Å². The summed E-state index contributed by atoms with van der Waals surface area (Å²) in [5.74, 6) is 0. The van der Waals surface area contributed by atoms with Crippen LogP contribution in [0.15, 0.2) is 53.6 Å². The molecule has 0 fully saturated rings. The molecule has 138 valence electrons. The summed E-state index contributed by atoms with van der Waals surface area (Å²) in [4.78, 5) is 10.3. The van der Waals surface area contributed by atoms with E-state index in [9.17, 15) is 10.1 Å². The summed E-state index contributed by atoms with van der Waals surface area (Å²) in [6, 6.07) is 14.7. The number of rotatable bonds is 5. The fraction of sp³-hybridized carbons (Fsp3) is 0.190. The number of nitro groups is 1. The summed E-state index contributed by atoms with van der Waals surface area (Å²) < 4.78 is 2.22. The maximum Gasteiger partial charge on any atom is 0.269 e. The quantitative estimate of drug-likeness (QED) is 0.391. The molecule has 6 heteroatoms. The topological polar surface area (TPSA) is 72.5 Å². The third kappa shape index (κ3) is 3.89. The molecule has 3 rings (SSSR count). The zero-order chi connectivity index (χ0) is 19.6. The Hall–Kier alpha value is -3.41. The fourth-order valence-electron chi connectivity index (χ4n) is 3.18. The molecule has 0 aliphatic rings. The van der Waals surface area contributed by atoms with E-state index in [1.807, 2.05) is 0 Å². The molecule has 0 amide bonds. The maximum atomic E-state index is 10.7. The maximum absolute atomic E-state index is 10.7. The van der Waals surface area contributed by atoms with Crippen molar-refractivity contribution in [3.05, 3.63) is 86.7 Å². The SMILES string of the molecule is Cc1ccc(-n2c(C)cc(C=NNc3ccc([N+](=O)[O-])cc3)c2C)c(C)c1. The van der Waals surface area contributed by atoms with E-state index >= 15 is 0 Å². The van der Waals surface area contributed by atoms with Crippen LogP contribution in [0.4, 0.5) is 11.4 Å². The van der Waals surface area contributed by atoms with E-state index in [2.05, 4.69) is 67.1 Å². The van der Waals surface area contributed by atoms with E-state index in [1.54, 1.807) is 18.3 Å². The van der Waals surface area contributed by atoms with Crippen LogP contribution in [0, 0.1) is 37.8 Å². The lowest BCUT2D eigenvalue weighted by Crippen LogP contribution is -2.02. The van der Waals surface area contributed by atoms with Gasteiger partial charge in [0.15, 0.2) is 0 Å². The van der Waals surface area contributed by atoms with Crippen LogP contribution in [0.25, 0.3) is 5.69 Å². The molecule has 0 bridgehead atoms. The first-order chi connectivity index (χ1) is 12.9. The lowest BCUT2D eigenvalue weighted by molar-refractivity contribution is -0.384. The summed E-state index contributed by atoms with van der Waals surface area (Å²) in [7, 11) is 0. The van der Waals surface area contributed by atoms with E-state index in [-0.39, 0.29) is 5.69 Å². The Bertz CT molecular complexity index is 1020. The molecule has 27 heavy (non-hydrogen) atoms. The number of hydrazone groups is 1. The molecule has 0 spiro atoms. The fourth-order valence-corrected chi connectivity index (χ4v) is 3.18. The lowest BCUT2D eigenvalue weighted by atomic mass is 10.1. The molecule has 2 aromatic carbocycles. The molecule has 0 saturated heterocycles. The number of nitrogens with zero attached hydrogens (tertiary/aromatic N) is 3. The van der Waals surface area contributed by atoms with Gasteiger partial charge in [-0.15, -0.1) is 0 Å². The molecule has 0 aliphatic heterocycles. The van der Waals surface area contributed by atoms with Crippen LogP contribution in [0.2, 0.25) is 0 Å². The van der Waals surface area contributed by atoms with Crippen LogP contribution in [0.3, 0.4) is 0 Å². The zero-order valence-corrected chi connectivity index (χ0v) is 15.9. The first-order valence-corrected chi connectivity index (χ1v) is 8.67. The number of aryl methyl sites for hydroxylation is 3. The van der Waals surface area contributed by atoms with Gasteiger partial charge in [0.1, 0.15) is 0 Å². The number of aromatic nitrogens is 1. The van der Waals surface area contributed by atoms with Gasteiger partial charge in [-0.05, 0) is 57.5 Å². The molecule has 0 saturated carbocycles. The van der Waals surface area contributed by atoms with Crippen molar-refractivity contribution in [2.75, 3.05) is 5.43 Å². The van der Waals surface area contributed by atoms with Crippen LogP contribution in [0.5, 0.6) is 0 Å². The predicted molar refractivity (Wildman–Crippen MR) is 109 cm³/mol. The molecule has 0 atom stereocenters. The van der Waals surface area contributed by atoms with Gasteiger partial charge in [-0.3, -0.25) is 15.5 Å². The Balaban J connectivity index is 1.82. The van der Waals surface area contributed by atoms with E-state index in [4.69, 9.17) is 0 Å². The third-order valence-electron chi connectivity index (χ3n) is 4.54. The van der Waals surface area contributed by atoms with Gasteiger partial charge in [0.25, 0.3) is 5.69 Å². The number of anilines is 1. The summed E-state index contributed by atoms with van der Waals surface area (Å²) in [6.07, 6.45) is 1.77. The number of nitrogens with one attached hydrogen (secondary N) is 1. The first-order valence-electron chi connectivity index (χ1n) is 8.67. The molecule has 1 N–H and O–H groups in total. The molecule has 0 unspecified atom stereocenters.